The molecule has 7 nitrogen and oxygen atoms in total. The van der Waals surface area contributed by atoms with Crippen molar-refractivity contribution >= 4 is 11.5 Å². The summed E-state index contributed by atoms with van der Waals surface area (Å²) in [5.41, 5.74) is 2.49. The van der Waals surface area contributed by atoms with Crippen molar-refractivity contribution in [3.8, 4) is 11.5 Å². The Morgan fingerprint density at radius 1 is 1.16 bits per heavy atom. The molecule has 0 bridgehead atoms. The standard InChI is InChI=1S/C18H22N4O3/c1-4-13-10-18(22-17(21-13)7-8-20-22)19-11-14(23)12-5-6-15(24-2)16(9-12)25-3/h5-10,14,19,23H,4,11H2,1-3H3. The Hall–Kier alpha value is -2.80. The van der Waals surface area contributed by atoms with Gasteiger partial charge in [0.25, 0.3) is 0 Å². The van der Waals surface area contributed by atoms with Gasteiger partial charge in [0.15, 0.2) is 17.1 Å². The first-order valence-corrected chi connectivity index (χ1v) is 8.13. The second-order valence-corrected chi connectivity index (χ2v) is 5.60. The van der Waals surface area contributed by atoms with Gasteiger partial charge in [-0.05, 0) is 24.1 Å². The van der Waals surface area contributed by atoms with Crippen molar-refractivity contribution < 1.29 is 14.6 Å². The van der Waals surface area contributed by atoms with Gasteiger partial charge in [-0.3, -0.25) is 0 Å². The molecule has 0 spiro atoms. The molecule has 7 heteroatoms. The number of hydrogen-bond donors (Lipinski definition) is 2. The quantitative estimate of drug-likeness (QED) is 0.686. The Morgan fingerprint density at radius 2 is 1.96 bits per heavy atom. The number of ether oxygens (including phenoxy) is 2. The van der Waals surface area contributed by atoms with Crippen molar-refractivity contribution in [1.82, 2.24) is 14.6 Å². The first-order valence-electron chi connectivity index (χ1n) is 8.13. The van der Waals surface area contributed by atoms with E-state index in [1.807, 2.05) is 18.2 Å². The molecule has 0 aliphatic rings. The van der Waals surface area contributed by atoms with Crippen LogP contribution in [0.25, 0.3) is 5.65 Å². The number of methoxy groups -OCH3 is 2. The van der Waals surface area contributed by atoms with E-state index in [0.717, 1.165) is 29.1 Å². The molecule has 1 aromatic carbocycles. The van der Waals surface area contributed by atoms with Crippen LogP contribution in [0.15, 0.2) is 36.5 Å². The highest BCUT2D eigenvalue weighted by molar-refractivity contribution is 5.49. The summed E-state index contributed by atoms with van der Waals surface area (Å²) >= 11 is 0. The summed E-state index contributed by atoms with van der Waals surface area (Å²) in [4.78, 5) is 4.51. The lowest BCUT2D eigenvalue weighted by molar-refractivity contribution is 0.191. The number of hydrogen-bond acceptors (Lipinski definition) is 6. The maximum Gasteiger partial charge on any atom is 0.161 e. The minimum absolute atomic E-state index is 0.331. The number of fused-ring (bicyclic) bond motifs is 1. The number of aromatic nitrogens is 3. The van der Waals surface area contributed by atoms with E-state index < -0.39 is 6.10 Å². The second-order valence-electron chi connectivity index (χ2n) is 5.60. The lowest BCUT2D eigenvalue weighted by atomic mass is 10.1. The zero-order chi connectivity index (χ0) is 17.8. The number of anilines is 1. The van der Waals surface area contributed by atoms with Gasteiger partial charge in [-0.25, -0.2) is 4.98 Å². The Labute approximate surface area is 146 Å². The SMILES string of the molecule is CCc1cc(NCC(O)c2ccc(OC)c(OC)c2)n2nccc2n1. The number of nitrogens with one attached hydrogen (secondary N) is 1. The van der Waals surface area contributed by atoms with Crippen molar-refractivity contribution in [3.05, 3.63) is 47.8 Å². The van der Waals surface area contributed by atoms with Crippen LogP contribution >= 0.6 is 0 Å². The summed E-state index contributed by atoms with van der Waals surface area (Å²) in [5.74, 6) is 2.02. The van der Waals surface area contributed by atoms with E-state index in [1.165, 1.54) is 0 Å². The van der Waals surface area contributed by atoms with E-state index in [0.29, 0.717) is 18.0 Å². The van der Waals surface area contributed by atoms with E-state index in [2.05, 4.69) is 22.3 Å². The molecule has 25 heavy (non-hydrogen) atoms. The number of aryl methyl sites for hydroxylation is 1. The van der Waals surface area contributed by atoms with Crippen molar-refractivity contribution in [3.63, 3.8) is 0 Å². The Morgan fingerprint density at radius 3 is 2.68 bits per heavy atom. The average Bonchev–Trinajstić information content (AvgIpc) is 3.13. The fourth-order valence-corrected chi connectivity index (χ4v) is 2.65. The highest BCUT2D eigenvalue weighted by Crippen LogP contribution is 2.30. The van der Waals surface area contributed by atoms with Gasteiger partial charge < -0.3 is 19.9 Å². The van der Waals surface area contributed by atoms with Crippen LogP contribution in [0, 0.1) is 0 Å². The Bertz CT molecular complexity index is 863. The maximum atomic E-state index is 10.5. The molecule has 132 valence electrons. The summed E-state index contributed by atoms with van der Waals surface area (Å²) < 4.78 is 12.2. The number of aliphatic hydroxyl groups is 1. The lowest BCUT2D eigenvalue weighted by Gasteiger charge is -2.16. The van der Waals surface area contributed by atoms with Crippen LogP contribution in [-0.4, -0.2) is 40.5 Å². The Kier molecular flexibility index (Phi) is 5.04. The van der Waals surface area contributed by atoms with Gasteiger partial charge in [0, 0.05) is 24.4 Å². The fraction of sp³-hybridized carbons (Fsp3) is 0.333. The van der Waals surface area contributed by atoms with E-state index in [-0.39, 0.29) is 0 Å². The predicted octanol–water partition coefficient (Wildman–Crippen LogP) is 2.45. The van der Waals surface area contributed by atoms with Crippen LogP contribution in [0.5, 0.6) is 11.5 Å². The zero-order valence-electron chi connectivity index (χ0n) is 14.6. The summed E-state index contributed by atoms with van der Waals surface area (Å²) in [6, 6.07) is 9.18. The third-order valence-electron chi connectivity index (χ3n) is 4.04. The van der Waals surface area contributed by atoms with Gasteiger partial charge in [0.05, 0.1) is 26.5 Å². The lowest BCUT2D eigenvalue weighted by Crippen LogP contribution is -2.15. The number of rotatable bonds is 7. The molecule has 2 N–H and O–H groups in total. The number of benzene rings is 1. The average molecular weight is 342 g/mol. The van der Waals surface area contributed by atoms with Gasteiger partial charge in [0.2, 0.25) is 0 Å². The summed E-state index contributed by atoms with van der Waals surface area (Å²) in [5, 5.41) is 18.0. The van der Waals surface area contributed by atoms with Crippen LogP contribution in [0.4, 0.5) is 5.82 Å². The maximum absolute atomic E-state index is 10.5. The molecule has 0 saturated carbocycles. The molecule has 0 radical (unpaired) electrons. The van der Waals surface area contributed by atoms with Crippen molar-refractivity contribution in [1.29, 1.82) is 0 Å². The third-order valence-corrected chi connectivity index (χ3v) is 4.04. The van der Waals surface area contributed by atoms with Gasteiger partial charge in [-0.2, -0.15) is 9.61 Å². The molecule has 0 aliphatic heterocycles. The second kappa shape index (κ2) is 7.40. The smallest absolute Gasteiger partial charge is 0.161 e. The van der Waals surface area contributed by atoms with Crippen LogP contribution in [0.2, 0.25) is 0 Å². The van der Waals surface area contributed by atoms with Gasteiger partial charge in [-0.1, -0.05) is 13.0 Å². The molecule has 3 aromatic rings. The molecule has 2 heterocycles. The highest BCUT2D eigenvalue weighted by Gasteiger charge is 2.13. The molecule has 2 aromatic heterocycles. The zero-order valence-corrected chi connectivity index (χ0v) is 14.6. The minimum atomic E-state index is -0.705. The van der Waals surface area contributed by atoms with Gasteiger partial charge in [-0.15, -0.1) is 0 Å². The van der Waals surface area contributed by atoms with E-state index >= 15 is 0 Å². The molecular weight excluding hydrogens is 320 g/mol. The predicted molar refractivity (Wildman–Crippen MR) is 95.4 cm³/mol. The van der Waals surface area contributed by atoms with Gasteiger partial charge in [0.1, 0.15) is 5.82 Å². The van der Waals surface area contributed by atoms with Crippen LogP contribution in [0.1, 0.15) is 24.3 Å². The highest BCUT2D eigenvalue weighted by atomic mass is 16.5. The normalized spacial score (nSPS) is 12.2. The van der Waals surface area contributed by atoms with Crippen molar-refractivity contribution in [2.24, 2.45) is 0 Å². The Balaban J connectivity index is 1.78. The van der Waals surface area contributed by atoms with Crippen LogP contribution < -0.4 is 14.8 Å². The van der Waals surface area contributed by atoms with E-state index in [4.69, 9.17) is 9.47 Å². The number of nitrogens with zero attached hydrogens (tertiary/aromatic N) is 3. The minimum Gasteiger partial charge on any atom is -0.493 e. The third kappa shape index (κ3) is 3.51. The van der Waals surface area contributed by atoms with E-state index in [9.17, 15) is 5.11 Å². The van der Waals surface area contributed by atoms with Crippen molar-refractivity contribution in [2.45, 2.75) is 19.4 Å². The largest absolute Gasteiger partial charge is 0.493 e. The molecule has 0 aliphatic carbocycles. The van der Waals surface area contributed by atoms with Crippen LogP contribution in [0.3, 0.4) is 0 Å². The fourth-order valence-electron chi connectivity index (χ4n) is 2.65. The molecule has 0 amide bonds. The summed E-state index contributed by atoms with van der Waals surface area (Å²) in [7, 11) is 3.16. The monoisotopic (exact) mass is 342 g/mol. The number of aliphatic hydroxyl groups excluding tert-OH is 1. The first kappa shape index (κ1) is 17.0. The summed E-state index contributed by atoms with van der Waals surface area (Å²) in [6.45, 7) is 2.38. The summed E-state index contributed by atoms with van der Waals surface area (Å²) in [6.07, 6.45) is 1.83. The molecule has 1 atom stereocenters. The first-order chi connectivity index (χ1) is 12.2. The molecule has 0 fully saturated rings. The molecule has 1 unspecified atom stereocenters. The van der Waals surface area contributed by atoms with Crippen LogP contribution in [-0.2, 0) is 6.42 Å². The molecule has 0 saturated heterocycles. The van der Waals surface area contributed by atoms with Crippen molar-refractivity contribution in [2.75, 3.05) is 26.1 Å². The van der Waals surface area contributed by atoms with E-state index in [1.54, 1.807) is 37.1 Å². The van der Waals surface area contributed by atoms with Gasteiger partial charge >= 0.3 is 0 Å². The molecule has 3 rings (SSSR count). The topological polar surface area (TPSA) is 80.9 Å². The molecular formula is C18H22N4O3.